The van der Waals surface area contributed by atoms with E-state index >= 15 is 0 Å². The first kappa shape index (κ1) is 34.6. The minimum Gasteiger partial charge on any atom is -0.510 e. The van der Waals surface area contributed by atoms with Gasteiger partial charge in [-0.3, -0.25) is 0 Å². The van der Waals surface area contributed by atoms with E-state index in [4.69, 9.17) is 0 Å². The van der Waals surface area contributed by atoms with Crippen molar-refractivity contribution in [3.05, 3.63) is 57.0 Å². The zero-order valence-electron chi connectivity index (χ0n) is 22.9. The fraction of sp³-hybridized carbons (Fsp3) is 0.462. The SMILES string of the molecule is C#C.CC(C)C.CCN(CC)S(=O)C1=C(O)CC(Nc2nsnc2NCc2ccccc2)=CS1.COC. The molecule has 0 saturated carbocycles. The Balaban J connectivity index is 0.00000126. The Bertz CT molecular complexity index is 985. The Morgan fingerprint density at radius 3 is 2.16 bits per heavy atom. The zero-order valence-corrected chi connectivity index (χ0v) is 25.3. The summed E-state index contributed by atoms with van der Waals surface area (Å²) in [6.45, 7) is 12.4. The van der Waals surface area contributed by atoms with Gasteiger partial charge in [-0.05, 0) is 16.9 Å². The number of hydrogen-bond acceptors (Lipinski definition) is 9. The number of nitrogens with one attached hydrogen (secondary N) is 2. The lowest BCUT2D eigenvalue weighted by molar-refractivity contribution is 0.277. The number of rotatable bonds is 9. The smallest absolute Gasteiger partial charge is 0.188 e. The predicted octanol–water partition coefficient (Wildman–Crippen LogP) is 6.45. The first-order chi connectivity index (χ1) is 17.8. The van der Waals surface area contributed by atoms with Gasteiger partial charge >= 0.3 is 0 Å². The first-order valence-corrected chi connectivity index (χ1v) is 14.5. The van der Waals surface area contributed by atoms with Crippen LogP contribution in [0.15, 0.2) is 51.4 Å². The molecular weight excluding hydrogens is 527 g/mol. The number of thioether (sulfide) groups is 1. The Kier molecular flexibility index (Phi) is 19.4. The highest BCUT2D eigenvalue weighted by Gasteiger charge is 2.24. The van der Waals surface area contributed by atoms with Gasteiger partial charge in [-0.2, -0.15) is 8.75 Å². The van der Waals surface area contributed by atoms with Crippen LogP contribution in [0.25, 0.3) is 0 Å². The van der Waals surface area contributed by atoms with Gasteiger partial charge in [0.25, 0.3) is 0 Å². The molecule has 1 aromatic carbocycles. The van der Waals surface area contributed by atoms with Crippen molar-refractivity contribution in [3.63, 3.8) is 0 Å². The van der Waals surface area contributed by atoms with Crippen molar-refractivity contribution < 1.29 is 14.1 Å². The molecule has 0 radical (unpaired) electrons. The summed E-state index contributed by atoms with van der Waals surface area (Å²) in [5, 5.41) is 18.8. The van der Waals surface area contributed by atoms with Crippen molar-refractivity contribution in [2.45, 2.75) is 47.6 Å². The molecule has 0 spiro atoms. The van der Waals surface area contributed by atoms with Crippen molar-refractivity contribution in [1.82, 2.24) is 13.1 Å². The second-order valence-electron chi connectivity index (χ2n) is 8.10. The van der Waals surface area contributed by atoms with Crippen LogP contribution in [0.3, 0.4) is 0 Å². The molecule has 0 amide bonds. The standard InChI is InChI=1S/C18H23N5O2S3.C4H10.C2H6O.C2H2/c1-3-23(4-2)28(25)18-15(24)10-14(12-26-18)20-17-16(21-27-22-17)19-11-13-8-6-5-7-9-13;1-4(2)3;1-3-2;1-2/h5-9,12,24H,3-4,10-11H2,1-2H3,(H,19,21)(H,20,22);4H,1-3H3;1-2H3;1-2H. The summed E-state index contributed by atoms with van der Waals surface area (Å²) in [6, 6.07) is 10.1. The number of terminal acetylenes is 1. The lowest BCUT2D eigenvalue weighted by Crippen LogP contribution is -2.26. The average molecular weight is 568 g/mol. The molecule has 1 aromatic heterocycles. The molecule has 2 aromatic rings. The number of nitrogens with zero attached hydrogens (tertiary/aromatic N) is 3. The van der Waals surface area contributed by atoms with Crippen LogP contribution >= 0.6 is 23.5 Å². The quantitative estimate of drug-likeness (QED) is 0.298. The lowest BCUT2D eigenvalue weighted by Gasteiger charge is -2.22. The van der Waals surface area contributed by atoms with Gasteiger partial charge in [-0.1, -0.05) is 76.7 Å². The first-order valence-electron chi connectivity index (χ1n) is 11.8. The highest BCUT2D eigenvalue weighted by atomic mass is 32.2. The number of aliphatic hydroxyl groups is 1. The van der Waals surface area contributed by atoms with Gasteiger partial charge < -0.3 is 20.5 Å². The third kappa shape index (κ3) is 13.7. The van der Waals surface area contributed by atoms with E-state index in [1.807, 2.05) is 49.6 Å². The van der Waals surface area contributed by atoms with Crippen molar-refractivity contribution in [3.8, 4) is 12.8 Å². The van der Waals surface area contributed by atoms with Crippen LogP contribution < -0.4 is 10.6 Å². The second-order valence-corrected chi connectivity index (χ2v) is 11.2. The van der Waals surface area contributed by atoms with E-state index in [0.29, 0.717) is 35.5 Å². The third-order valence-electron chi connectivity index (χ3n) is 4.07. The number of aromatic nitrogens is 2. The predicted molar refractivity (Wildman–Crippen MR) is 162 cm³/mol. The van der Waals surface area contributed by atoms with E-state index in [1.54, 1.807) is 18.5 Å². The maximum absolute atomic E-state index is 12.6. The molecule has 0 bridgehead atoms. The number of ether oxygens (including phenoxy) is 1. The van der Waals surface area contributed by atoms with E-state index in [2.05, 4.69) is 57.7 Å². The van der Waals surface area contributed by atoms with Gasteiger partial charge in [-0.25, -0.2) is 8.51 Å². The van der Waals surface area contributed by atoms with Gasteiger partial charge in [0.2, 0.25) is 0 Å². The minimum absolute atomic E-state index is 0.127. The number of benzene rings is 1. The zero-order chi connectivity index (χ0) is 28.2. The summed E-state index contributed by atoms with van der Waals surface area (Å²) in [7, 11) is 1.91. The summed E-state index contributed by atoms with van der Waals surface area (Å²) in [4.78, 5) is 0. The summed E-state index contributed by atoms with van der Waals surface area (Å²) in [5.74, 6) is 2.25. The van der Waals surface area contributed by atoms with Gasteiger partial charge in [0.15, 0.2) is 11.6 Å². The van der Waals surface area contributed by atoms with E-state index in [-0.39, 0.29) is 12.2 Å². The second kappa shape index (κ2) is 20.7. The summed E-state index contributed by atoms with van der Waals surface area (Å²) in [5.41, 5.74) is 1.94. The van der Waals surface area contributed by atoms with Gasteiger partial charge in [0.05, 0.1) is 11.7 Å². The summed E-state index contributed by atoms with van der Waals surface area (Å²) >= 11 is 2.40. The molecule has 1 aliphatic rings. The largest absolute Gasteiger partial charge is 0.510 e. The van der Waals surface area contributed by atoms with Crippen LogP contribution in [0, 0.1) is 18.8 Å². The molecule has 206 valence electrons. The molecule has 3 N–H and O–H groups in total. The van der Waals surface area contributed by atoms with E-state index in [9.17, 15) is 9.32 Å². The van der Waals surface area contributed by atoms with Gasteiger partial charge in [-0.15, -0.1) is 12.8 Å². The molecule has 2 heterocycles. The number of anilines is 2. The Morgan fingerprint density at radius 2 is 1.65 bits per heavy atom. The molecule has 11 heteroatoms. The molecule has 1 unspecified atom stereocenters. The highest BCUT2D eigenvalue weighted by molar-refractivity contribution is 8.17. The molecule has 37 heavy (non-hydrogen) atoms. The van der Waals surface area contributed by atoms with Crippen molar-refractivity contribution in [2.24, 2.45) is 5.92 Å². The molecule has 3 rings (SSSR count). The van der Waals surface area contributed by atoms with Crippen LogP contribution in [-0.2, 0) is 22.3 Å². The highest BCUT2D eigenvalue weighted by Crippen LogP contribution is 2.35. The molecule has 1 atom stereocenters. The molecule has 0 fully saturated rings. The fourth-order valence-corrected chi connectivity index (χ4v) is 5.45. The van der Waals surface area contributed by atoms with Crippen molar-refractivity contribution in [2.75, 3.05) is 37.9 Å². The number of aliphatic hydroxyl groups excluding tert-OH is 1. The number of hydrogen-bond donors (Lipinski definition) is 3. The van der Waals surface area contributed by atoms with E-state index in [1.165, 1.54) is 11.8 Å². The third-order valence-corrected chi connectivity index (χ3v) is 7.71. The van der Waals surface area contributed by atoms with E-state index in [0.717, 1.165) is 28.9 Å². The Hall–Kier alpha value is -2.36. The fourth-order valence-electron chi connectivity index (χ4n) is 2.60. The average Bonchev–Trinajstić information content (AvgIpc) is 3.32. The van der Waals surface area contributed by atoms with E-state index < -0.39 is 11.0 Å². The lowest BCUT2D eigenvalue weighted by atomic mass is 10.2. The topological polar surface area (TPSA) is 99.6 Å². The van der Waals surface area contributed by atoms with Crippen LogP contribution in [0.4, 0.5) is 11.6 Å². The summed E-state index contributed by atoms with van der Waals surface area (Å²) < 4.78 is 27.7. The van der Waals surface area contributed by atoms with Crippen LogP contribution in [-0.4, -0.2) is 49.7 Å². The maximum Gasteiger partial charge on any atom is 0.188 e. The van der Waals surface area contributed by atoms with Gasteiger partial charge in [0, 0.05) is 46.0 Å². The molecule has 1 aliphatic heterocycles. The van der Waals surface area contributed by atoms with Crippen LogP contribution in [0.5, 0.6) is 0 Å². The summed E-state index contributed by atoms with van der Waals surface area (Å²) in [6.07, 6.45) is 8.28. The van der Waals surface area contributed by atoms with Crippen molar-refractivity contribution in [1.29, 1.82) is 0 Å². The molecular formula is C26H41N5O3S3. The molecule has 8 nitrogen and oxygen atoms in total. The monoisotopic (exact) mass is 567 g/mol. The van der Waals surface area contributed by atoms with Crippen LogP contribution in [0.2, 0.25) is 0 Å². The van der Waals surface area contributed by atoms with Crippen molar-refractivity contribution >= 4 is 46.1 Å². The Morgan fingerprint density at radius 1 is 1.11 bits per heavy atom. The van der Waals surface area contributed by atoms with Gasteiger partial charge in [0.1, 0.15) is 21.0 Å². The normalized spacial score (nSPS) is 13.2. The maximum atomic E-state index is 12.6. The molecule has 0 aliphatic carbocycles. The minimum atomic E-state index is -1.34. The van der Waals surface area contributed by atoms with Crippen LogP contribution in [0.1, 0.15) is 46.6 Å². The molecule has 0 saturated heterocycles. The number of methoxy groups -OCH3 is 1. The Labute approximate surface area is 233 Å².